The average Bonchev–Trinajstić information content (AvgIpc) is 3.17. The minimum atomic E-state index is -0.240. The molecule has 26 heavy (non-hydrogen) atoms. The molecule has 6 heteroatoms. The van der Waals surface area contributed by atoms with Crippen molar-refractivity contribution in [3.63, 3.8) is 0 Å². The first-order valence-electron chi connectivity index (χ1n) is 8.58. The lowest BCUT2D eigenvalue weighted by Gasteiger charge is -2.32. The molecule has 1 aliphatic rings. The van der Waals surface area contributed by atoms with Gasteiger partial charge in [0, 0.05) is 19.0 Å². The lowest BCUT2D eigenvalue weighted by atomic mass is 9.89. The number of hydrogen-bond acceptors (Lipinski definition) is 5. The van der Waals surface area contributed by atoms with Crippen LogP contribution in [0.15, 0.2) is 36.4 Å². The zero-order valence-corrected chi connectivity index (χ0v) is 15.7. The first kappa shape index (κ1) is 18.3. The van der Waals surface area contributed by atoms with Crippen molar-refractivity contribution in [1.29, 1.82) is 0 Å². The highest BCUT2D eigenvalue weighted by atomic mass is 32.1. The Balaban J connectivity index is 1.75. The summed E-state index contributed by atoms with van der Waals surface area (Å²) in [5.74, 6) is 0.175. The number of para-hydroxylation sites is 1. The van der Waals surface area contributed by atoms with Crippen LogP contribution in [0.2, 0.25) is 0 Å². The normalized spacial score (nSPS) is 17.0. The summed E-state index contributed by atoms with van der Waals surface area (Å²) < 4.78 is 5.29. The van der Waals surface area contributed by atoms with Gasteiger partial charge < -0.3 is 9.64 Å². The molecule has 0 radical (unpaired) electrons. The minimum Gasteiger partial charge on any atom is -0.496 e. The molecule has 5 nitrogen and oxygen atoms in total. The molecule has 0 N–H and O–H groups in total. The van der Waals surface area contributed by atoms with Crippen LogP contribution in [-0.4, -0.2) is 42.6 Å². The predicted molar refractivity (Wildman–Crippen MR) is 100 cm³/mol. The number of Topliss-reactive ketones (excluding diaryl/α,β-unsaturated/α-hetero) is 2. The van der Waals surface area contributed by atoms with Crippen molar-refractivity contribution in [3.05, 3.63) is 51.7 Å². The van der Waals surface area contributed by atoms with E-state index in [1.54, 1.807) is 36.3 Å². The average molecular weight is 371 g/mol. The van der Waals surface area contributed by atoms with E-state index in [0.29, 0.717) is 34.2 Å². The number of methoxy groups -OCH3 is 1. The molecular formula is C20H21NO4S. The second kappa shape index (κ2) is 7.83. The Labute approximate surface area is 156 Å². The SMILES string of the molecule is COc1ccccc1C(=O)[C@H]1CCCN(C(=O)c2ccc(C(C)=O)s2)C1. The molecule has 0 bridgehead atoms. The highest BCUT2D eigenvalue weighted by molar-refractivity contribution is 7.15. The molecular weight excluding hydrogens is 350 g/mol. The van der Waals surface area contributed by atoms with Gasteiger partial charge in [0.15, 0.2) is 11.6 Å². The zero-order valence-electron chi connectivity index (χ0n) is 14.9. The third kappa shape index (κ3) is 3.70. The van der Waals surface area contributed by atoms with Crippen LogP contribution in [0.25, 0.3) is 0 Å². The number of piperidine rings is 1. The summed E-state index contributed by atoms with van der Waals surface area (Å²) >= 11 is 1.21. The van der Waals surface area contributed by atoms with Crippen LogP contribution in [0.5, 0.6) is 5.75 Å². The number of thiophene rings is 1. The van der Waals surface area contributed by atoms with Gasteiger partial charge in [0.25, 0.3) is 5.91 Å². The molecule has 1 saturated heterocycles. The third-order valence-corrected chi connectivity index (χ3v) is 5.79. The van der Waals surface area contributed by atoms with E-state index in [0.717, 1.165) is 12.8 Å². The Kier molecular flexibility index (Phi) is 5.52. The number of rotatable bonds is 5. The molecule has 1 aliphatic heterocycles. The summed E-state index contributed by atoms with van der Waals surface area (Å²) in [6.07, 6.45) is 1.53. The topological polar surface area (TPSA) is 63.7 Å². The van der Waals surface area contributed by atoms with E-state index in [1.165, 1.54) is 18.3 Å². The first-order valence-corrected chi connectivity index (χ1v) is 9.40. The van der Waals surface area contributed by atoms with Crippen molar-refractivity contribution in [3.8, 4) is 5.75 Å². The second-order valence-electron chi connectivity index (χ2n) is 6.37. The predicted octanol–water partition coefficient (Wildman–Crippen LogP) is 3.69. The van der Waals surface area contributed by atoms with Crippen LogP contribution in [0, 0.1) is 5.92 Å². The Morgan fingerprint density at radius 1 is 1.12 bits per heavy atom. The highest BCUT2D eigenvalue weighted by Crippen LogP contribution is 2.28. The first-order chi connectivity index (χ1) is 12.5. The van der Waals surface area contributed by atoms with Gasteiger partial charge in [0.1, 0.15) is 5.75 Å². The molecule has 1 aromatic carbocycles. The molecule has 0 unspecified atom stereocenters. The van der Waals surface area contributed by atoms with Gasteiger partial charge in [-0.3, -0.25) is 14.4 Å². The monoisotopic (exact) mass is 371 g/mol. The van der Waals surface area contributed by atoms with Crippen LogP contribution < -0.4 is 4.74 Å². The van der Waals surface area contributed by atoms with Crippen LogP contribution >= 0.6 is 11.3 Å². The zero-order chi connectivity index (χ0) is 18.7. The fourth-order valence-corrected chi connectivity index (χ4v) is 4.11. The summed E-state index contributed by atoms with van der Waals surface area (Å²) in [4.78, 5) is 40.0. The molecule has 2 aromatic rings. The Hall–Kier alpha value is -2.47. The summed E-state index contributed by atoms with van der Waals surface area (Å²) in [6.45, 7) is 2.51. The van der Waals surface area contributed by atoms with Crippen LogP contribution in [-0.2, 0) is 0 Å². The molecule has 136 valence electrons. The summed E-state index contributed by atoms with van der Waals surface area (Å²) in [6, 6.07) is 10.6. The maximum atomic E-state index is 12.9. The number of amides is 1. The fraction of sp³-hybridized carbons (Fsp3) is 0.350. The van der Waals surface area contributed by atoms with Gasteiger partial charge in [-0.15, -0.1) is 11.3 Å². The van der Waals surface area contributed by atoms with Crippen LogP contribution in [0.4, 0.5) is 0 Å². The Bertz CT molecular complexity index is 842. The summed E-state index contributed by atoms with van der Waals surface area (Å²) in [5, 5.41) is 0. The smallest absolute Gasteiger partial charge is 0.263 e. The number of benzene rings is 1. The fourth-order valence-electron chi connectivity index (χ4n) is 3.24. The minimum absolute atomic E-state index is 0.00977. The number of likely N-dealkylation sites (tertiary alicyclic amines) is 1. The molecule has 0 saturated carbocycles. The van der Waals surface area contributed by atoms with Gasteiger partial charge in [0.05, 0.1) is 22.4 Å². The number of nitrogens with zero attached hydrogens (tertiary/aromatic N) is 1. The maximum absolute atomic E-state index is 12.9. The van der Waals surface area contributed by atoms with E-state index in [4.69, 9.17) is 4.74 Å². The Morgan fingerprint density at radius 2 is 1.85 bits per heavy atom. The summed E-state index contributed by atoms with van der Waals surface area (Å²) in [5.41, 5.74) is 0.560. The second-order valence-corrected chi connectivity index (χ2v) is 7.46. The van der Waals surface area contributed by atoms with E-state index < -0.39 is 0 Å². The van der Waals surface area contributed by atoms with Crippen LogP contribution in [0.1, 0.15) is 49.5 Å². The van der Waals surface area contributed by atoms with E-state index in [2.05, 4.69) is 0 Å². The van der Waals surface area contributed by atoms with Gasteiger partial charge >= 0.3 is 0 Å². The largest absolute Gasteiger partial charge is 0.496 e. The molecule has 1 atom stereocenters. The molecule has 0 spiro atoms. The lowest BCUT2D eigenvalue weighted by molar-refractivity contribution is 0.0640. The number of hydrogen-bond donors (Lipinski definition) is 0. The van der Waals surface area contributed by atoms with Crippen molar-refractivity contribution >= 4 is 28.8 Å². The van der Waals surface area contributed by atoms with Gasteiger partial charge in [0.2, 0.25) is 0 Å². The van der Waals surface area contributed by atoms with Crippen molar-refractivity contribution in [2.75, 3.05) is 20.2 Å². The third-order valence-electron chi connectivity index (χ3n) is 4.62. The summed E-state index contributed by atoms with van der Waals surface area (Å²) in [7, 11) is 1.55. The molecule has 0 aliphatic carbocycles. The molecule has 1 amide bonds. The van der Waals surface area contributed by atoms with Crippen LogP contribution in [0.3, 0.4) is 0 Å². The van der Waals surface area contributed by atoms with Gasteiger partial charge in [-0.1, -0.05) is 12.1 Å². The number of ketones is 2. The lowest BCUT2D eigenvalue weighted by Crippen LogP contribution is -2.42. The van der Waals surface area contributed by atoms with E-state index in [9.17, 15) is 14.4 Å². The number of carbonyl (C=O) groups is 3. The van der Waals surface area contributed by atoms with E-state index >= 15 is 0 Å². The van der Waals surface area contributed by atoms with E-state index in [1.807, 2.05) is 12.1 Å². The molecule has 1 fully saturated rings. The van der Waals surface area contributed by atoms with E-state index in [-0.39, 0.29) is 23.4 Å². The number of carbonyl (C=O) groups excluding carboxylic acids is 3. The molecule has 1 aromatic heterocycles. The van der Waals surface area contributed by atoms with Crippen molar-refractivity contribution in [2.45, 2.75) is 19.8 Å². The standard InChI is InChI=1S/C20H21NO4S/c1-13(22)17-9-10-18(26-17)20(24)21-11-5-6-14(12-21)19(23)15-7-3-4-8-16(15)25-2/h3-4,7-10,14H,5-6,11-12H2,1-2H3/t14-/m0/s1. The van der Waals surface area contributed by atoms with Crippen molar-refractivity contribution in [1.82, 2.24) is 4.90 Å². The van der Waals surface area contributed by atoms with Gasteiger partial charge in [-0.25, -0.2) is 0 Å². The quantitative estimate of drug-likeness (QED) is 0.752. The highest BCUT2D eigenvalue weighted by Gasteiger charge is 2.31. The van der Waals surface area contributed by atoms with Gasteiger partial charge in [-0.05, 0) is 44.0 Å². The Morgan fingerprint density at radius 3 is 2.54 bits per heavy atom. The number of ether oxygens (including phenoxy) is 1. The molecule has 3 rings (SSSR count). The van der Waals surface area contributed by atoms with Crippen molar-refractivity contribution in [2.24, 2.45) is 5.92 Å². The maximum Gasteiger partial charge on any atom is 0.263 e. The van der Waals surface area contributed by atoms with Gasteiger partial charge in [-0.2, -0.15) is 0 Å². The molecule has 2 heterocycles. The van der Waals surface area contributed by atoms with Crippen molar-refractivity contribution < 1.29 is 19.1 Å².